The summed E-state index contributed by atoms with van der Waals surface area (Å²) < 4.78 is 10.9. The summed E-state index contributed by atoms with van der Waals surface area (Å²) in [5, 5.41) is 0. The lowest BCUT2D eigenvalue weighted by Crippen LogP contribution is -2.35. The van der Waals surface area contributed by atoms with Crippen LogP contribution in [0.4, 0.5) is 0 Å². The molecule has 2 rings (SSSR count). The molecule has 0 aromatic heterocycles. The van der Waals surface area contributed by atoms with Crippen molar-refractivity contribution in [2.75, 3.05) is 13.2 Å². The summed E-state index contributed by atoms with van der Waals surface area (Å²) >= 11 is 0. The van der Waals surface area contributed by atoms with Gasteiger partial charge in [0.05, 0.1) is 13.2 Å². The first-order chi connectivity index (χ1) is 5.87. The largest absolute Gasteiger partial charge is 0.343 e. The molecule has 1 saturated heterocycles. The van der Waals surface area contributed by atoms with E-state index in [0.29, 0.717) is 18.8 Å². The van der Waals surface area contributed by atoms with Gasteiger partial charge < -0.3 is 9.47 Å². The van der Waals surface area contributed by atoms with Crippen molar-refractivity contribution >= 4 is 6.29 Å². The molecule has 0 saturated carbocycles. The van der Waals surface area contributed by atoms with Gasteiger partial charge in [-0.3, -0.25) is 4.79 Å². The SMILES string of the molecule is O=CC1=CCCCC12OCCO2. The lowest BCUT2D eigenvalue weighted by molar-refractivity contribution is -0.141. The molecule has 3 nitrogen and oxygen atoms in total. The van der Waals surface area contributed by atoms with Gasteiger partial charge in [-0.2, -0.15) is 0 Å². The molecule has 1 spiro atoms. The van der Waals surface area contributed by atoms with Crippen LogP contribution in [0.5, 0.6) is 0 Å². The van der Waals surface area contributed by atoms with Gasteiger partial charge in [-0.05, 0) is 12.8 Å². The van der Waals surface area contributed by atoms with E-state index in [4.69, 9.17) is 9.47 Å². The molecule has 0 N–H and O–H groups in total. The molecule has 0 amide bonds. The van der Waals surface area contributed by atoms with E-state index in [1.807, 2.05) is 6.08 Å². The van der Waals surface area contributed by atoms with Crippen molar-refractivity contribution in [2.45, 2.75) is 25.0 Å². The van der Waals surface area contributed by atoms with Gasteiger partial charge in [0.1, 0.15) is 0 Å². The summed E-state index contributed by atoms with van der Waals surface area (Å²) in [5.74, 6) is -0.667. The van der Waals surface area contributed by atoms with Crippen molar-refractivity contribution < 1.29 is 14.3 Å². The minimum Gasteiger partial charge on any atom is -0.343 e. The fraction of sp³-hybridized carbons (Fsp3) is 0.667. The summed E-state index contributed by atoms with van der Waals surface area (Å²) in [6.07, 6.45) is 5.59. The van der Waals surface area contributed by atoms with Crippen molar-refractivity contribution in [2.24, 2.45) is 0 Å². The maximum absolute atomic E-state index is 10.7. The molecule has 0 radical (unpaired) electrons. The highest BCUT2D eigenvalue weighted by atomic mass is 16.7. The van der Waals surface area contributed by atoms with Crippen molar-refractivity contribution in [3.05, 3.63) is 11.6 Å². The number of carbonyl (C=O) groups excluding carboxylic acids is 1. The van der Waals surface area contributed by atoms with Gasteiger partial charge in [-0.1, -0.05) is 6.08 Å². The Labute approximate surface area is 71.3 Å². The molecule has 0 bridgehead atoms. The lowest BCUT2D eigenvalue weighted by atomic mass is 9.94. The molecule has 1 aliphatic carbocycles. The molecular weight excluding hydrogens is 156 g/mol. The number of aldehydes is 1. The Kier molecular flexibility index (Phi) is 1.98. The van der Waals surface area contributed by atoms with E-state index in [-0.39, 0.29) is 0 Å². The molecule has 1 fully saturated rings. The Morgan fingerprint density at radius 3 is 2.83 bits per heavy atom. The summed E-state index contributed by atoms with van der Waals surface area (Å²) in [6.45, 7) is 1.20. The third-order valence-corrected chi connectivity index (χ3v) is 2.39. The average molecular weight is 168 g/mol. The van der Waals surface area contributed by atoms with E-state index < -0.39 is 5.79 Å². The second-order valence-electron chi connectivity index (χ2n) is 3.12. The van der Waals surface area contributed by atoms with Crippen LogP contribution in [0.25, 0.3) is 0 Å². The van der Waals surface area contributed by atoms with Crippen molar-refractivity contribution in [1.82, 2.24) is 0 Å². The van der Waals surface area contributed by atoms with Crippen LogP contribution in [0.3, 0.4) is 0 Å². The van der Waals surface area contributed by atoms with Crippen LogP contribution >= 0.6 is 0 Å². The van der Waals surface area contributed by atoms with E-state index in [0.717, 1.165) is 25.5 Å². The molecule has 2 aliphatic rings. The molecule has 3 heteroatoms. The number of hydrogen-bond donors (Lipinski definition) is 0. The zero-order valence-electron chi connectivity index (χ0n) is 6.91. The lowest BCUT2D eigenvalue weighted by Gasteiger charge is -2.30. The topological polar surface area (TPSA) is 35.5 Å². The van der Waals surface area contributed by atoms with Crippen molar-refractivity contribution in [3.63, 3.8) is 0 Å². The second-order valence-corrected chi connectivity index (χ2v) is 3.12. The average Bonchev–Trinajstić information content (AvgIpc) is 2.55. The van der Waals surface area contributed by atoms with Crippen LogP contribution in [-0.2, 0) is 14.3 Å². The number of carbonyl (C=O) groups is 1. The predicted octanol–water partition coefficient (Wildman–Crippen LogP) is 1.04. The Hall–Kier alpha value is -0.670. The zero-order chi connectivity index (χ0) is 8.44. The standard InChI is InChI=1S/C9H12O3/c10-7-8-3-1-2-4-9(8)11-5-6-12-9/h3,7H,1-2,4-6H2. The molecule has 66 valence electrons. The molecule has 1 heterocycles. The first-order valence-electron chi connectivity index (χ1n) is 4.31. The van der Waals surface area contributed by atoms with Gasteiger partial charge in [0.15, 0.2) is 12.1 Å². The molecule has 0 aromatic rings. The van der Waals surface area contributed by atoms with E-state index in [1.165, 1.54) is 0 Å². The Morgan fingerprint density at radius 1 is 1.42 bits per heavy atom. The number of allylic oxidation sites excluding steroid dienone is 1. The Morgan fingerprint density at radius 2 is 2.17 bits per heavy atom. The maximum Gasteiger partial charge on any atom is 0.197 e. The van der Waals surface area contributed by atoms with Crippen LogP contribution in [-0.4, -0.2) is 25.3 Å². The quantitative estimate of drug-likeness (QED) is 0.549. The fourth-order valence-corrected chi connectivity index (χ4v) is 1.80. The Bertz CT molecular complexity index is 214. The van der Waals surface area contributed by atoms with E-state index in [9.17, 15) is 4.79 Å². The van der Waals surface area contributed by atoms with Crippen molar-refractivity contribution in [1.29, 1.82) is 0 Å². The van der Waals surface area contributed by atoms with E-state index in [2.05, 4.69) is 0 Å². The molecule has 0 aromatic carbocycles. The fourth-order valence-electron chi connectivity index (χ4n) is 1.80. The van der Waals surface area contributed by atoms with Crippen LogP contribution in [0.1, 0.15) is 19.3 Å². The number of rotatable bonds is 1. The highest BCUT2D eigenvalue weighted by Gasteiger charge is 2.41. The Balaban J connectivity index is 2.26. The molecule has 0 unspecified atom stereocenters. The first-order valence-corrected chi connectivity index (χ1v) is 4.31. The normalized spacial score (nSPS) is 27.2. The zero-order valence-corrected chi connectivity index (χ0v) is 6.91. The minimum atomic E-state index is -0.667. The summed E-state index contributed by atoms with van der Waals surface area (Å²) in [7, 11) is 0. The van der Waals surface area contributed by atoms with Gasteiger partial charge in [0.25, 0.3) is 0 Å². The molecule has 12 heavy (non-hydrogen) atoms. The van der Waals surface area contributed by atoms with Crippen LogP contribution in [0, 0.1) is 0 Å². The van der Waals surface area contributed by atoms with E-state index in [1.54, 1.807) is 0 Å². The predicted molar refractivity (Wildman–Crippen MR) is 42.6 cm³/mol. The van der Waals surface area contributed by atoms with E-state index >= 15 is 0 Å². The number of ether oxygens (including phenoxy) is 2. The van der Waals surface area contributed by atoms with Gasteiger partial charge in [0, 0.05) is 12.0 Å². The first kappa shape index (κ1) is 7.95. The van der Waals surface area contributed by atoms with Gasteiger partial charge >= 0.3 is 0 Å². The monoisotopic (exact) mass is 168 g/mol. The summed E-state index contributed by atoms with van der Waals surface area (Å²) in [4.78, 5) is 10.7. The smallest absolute Gasteiger partial charge is 0.197 e. The van der Waals surface area contributed by atoms with Crippen LogP contribution in [0.15, 0.2) is 11.6 Å². The highest BCUT2D eigenvalue weighted by Crippen LogP contribution is 2.35. The second kappa shape index (κ2) is 2.99. The molecule has 1 aliphatic heterocycles. The van der Waals surface area contributed by atoms with Gasteiger partial charge in [0.2, 0.25) is 0 Å². The summed E-state index contributed by atoms with van der Waals surface area (Å²) in [6, 6.07) is 0. The molecular formula is C9H12O3. The van der Waals surface area contributed by atoms with Crippen molar-refractivity contribution in [3.8, 4) is 0 Å². The highest BCUT2D eigenvalue weighted by molar-refractivity contribution is 5.76. The summed E-state index contributed by atoms with van der Waals surface area (Å²) in [5.41, 5.74) is 0.672. The van der Waals surface area contributed by atoms with Gasteiger partial charge in [-0.25, -0.2) is 0 Å². The number of hydrogen-bond acceptors (Lipinski definition) is 3. The third-order valence-electron chi connectivity index (χ3n) is 2.39. The molecule has 0 atom stereocenters. The van der Waals surface area contributed by atoms with Gasteiger partial charge in [-0.15, -0.1) is 0 Å². The minimum absolute atomic E-state index is 0.602. The maximum atomic E-state index is 10.7. The van der Waals surface area contributed by atoms with Crippen LogP contribution < -0.4 is 0 Å². The third kappa shape index (κ3) is 1.09. The van der Waals surface area contributed by atoms with Crippen LogP contribution in [0.2, 0.25) is 0 Å².